The lowest BCUT2D eigenvalue weighted by molar-refractivity contribution is -0.132. The van der Waals surface area contributed by atoms with Gasteiger partial charge in [0.2, 0.25) is 23.8 Å². The van der Waals surface area contributed by atoms with E-state index >= 15 is 0 Å². The summed E-state index contributed by atoms with van der Waals surface area (Å²) in [6, 6.07) is 0.788. The van der Waals surface area contributed by atoms with Crippen molar-refractivity contribution in [2.75, 3.05) is 49.4 Å². The molecule has 14 heteroatoms. The van der Waals surface area contributed by atoms with Crippen molar-refractivity contribution < 1.29 is 13.9 Å². The first-order valence-electron chi connectivity index (χ1n) is 10.6. The molecule has 0 spiro atoms. The van der Waals surface area contributed by atoms with Gasteiger partial charge in [0.1, 0.15) is 11.9 Å². The molecule has 0 aliphatic carbocycles. The summed E-state index contributed by atoms with van der Waals surface area (Å²) in [5.41, 5.74) is 0.863. The quantitative estimate of drug-likeness (QED) is 0.453. The number of amides is 1. The van der Waals surface area contributed by atoms with Gasteiger partial charge in [0.25, 0.3) is 0 Å². The average molecular weight is 472 g/mol. The van der Waals surface area contributed by atoms with Crippen molar-refractivity contribution in [2.24, 2.45) is 0 Å². The molecule has 0 radical (unpaired) electrons. The SMILES string of the molecule is Cc1cc(Nc2nc(N[C@@H](C)c3ncc(F)cn3)nc(N3CCOC[C@@H]3C(=O)N(C)C)n2)n[nH]1. The number of H-pyrrole nitrogens is 1. The fraction of sp³-hybridized carbons (Fsp3) is 0.450. The monoisotopic (exact) mass is 471 g/mol. The van der Waals surface area contributed by atoms with Crippen LogP contribution in [0.2, 0.25) is 0 Å². The highest BCUT2D eigenvalue weighted by Gasteiger charge is 2.33. The number of carbonyl (C=O) groups excluding carboxylic acids is 1. The second kappa shape index (κ2) is 9.91. The van der Waals surface area contributed by atoms with Gasteiger partial charge in [-0.15, -0.1) is 0 Å². The second-order valence-corrected chi connectivity index (χ2v) is 7.99. The zero-order chi connectivity index (χ0) is 24.2. The van der Waals surface area contributed by atoms with Gasteiger partial charge in [-0.2, -0.15) is 20.1 Å². The van der Waals surface area contributed by atoms with E-state index in [1.807, 2.05) is 6.92 Å². The van der Waals surface area contributed by atoms with Gasteiger partial charge in [0.15, 0.2) is 11.6 Å². The molecule has 1 saturated heterocycles. The lowest BCUT2D eigenvalue weighted by Crippen LogP contribution is -2.54. The summed E-state index contributed by atoms with van der Waals surface area (Å²) in [5, 5.41) is 13.2. The maximum atomic E-state index is 13.2. The third-order valence-corrected chi connectivity index (χ3v) is 5.05. The maximum absolute atomic E-state index is 13.2. The molecule has 1 amide bonds. The Balaban J connectivity index is 1.67. The predicted octanol–water partition coefficient (Wildman–Crippen LogP) is 1.04. The number of aromatic amines is 1. The van der Waals surface area contributed by atoms with E-state index in [0.717, 1.165) is 18.1 Å². The zero-order valence-corrected chi connectivity index (χ0v) is 19.3. The predicted molar refractivity (Wildman–Crippen MR) is 121 cm³/mol. The van der Waals surface area contributed by atoms with Crippen LogP contribution in [0.3, 0.4) is 0 Å². The largest absolute Gasteiger partial charge is 0.377 e. The second-order valence-electron chi connectivity index (χ2n) is 7.99. The molecule has 0 saturated carbocycles. The van der Waals surface area contributed by atoms with Crippen molar-refractivity contribution >= 4 is 29.6 Å². The van der Waals surface area contributed by atoms with E-state index in [1.165, 1.54) is 4.90 Å². The van der Waals surface area contributed by atoms with Crippen molar-refractivity contribution in [1.29, 1.82) is 0 Å². The Morgan fingerprint density at radius 1 is 1.26 bits per heavy atom. The fourth-order valence-corrected chi connectivity index (χ4v) is 3.36. The Labute approximate surface area is 195 Å². The number of carbonyl (C=O) groups is 1. The average Bonchev–Trinajstić information content (AvgIpc) is 3.23. The summed E-state index contributed by atoms with van der Waals surface area (Å²) in [4.78, 5) is 37.6. The Morgan fingerprint density at radius 3 is 2.68 bits per heavy atom. The smallest absolute Gasteiger partial charge is 0.247 e. The summed E-state index contributed by atoms with van der Waals surface area (Å²) < 4.78 is 18.8. The number of ether oxygens (including phenoxy) is 1. The van der Waals surface area contributed by atoms with Crippen LogP contribution in [-0.2, 0) is 9.53 Å². The third-order valence-electron chi connectivity index (χ3n) is 5.05. The molecule has 0 unspecified atom stereocenters. The topological polar surface area (TPSA) is 150 Å². The summed E-state index contributed by atoms with van der Waals surface area (Å²) in [6.07, 6.45) is 2.19. The lowest BCUT2D eigenvalue weighted by Gasteiger charge is -2.35. The van der Waals surface area contributed by atoms with Crippen molar-refractivity contribution in [3.63, 3.8) is 0 Å². The van der Waals surface area contributed by atoms with Gasteiger partial charge in [-0.05, 0) is 13.8 Å². The highest BCUT2D eigenvalue weighted by Crippen LogP contribution is 2.23. The molecule has 3 aromatic heterocycles. The first-order chi connectivity index (χ1) is 16.3. The van der Waals surface area contributed by atoms with Crippen LogP contribution in [0.4, 0.5) is 28.1 Å². The minimum atomic E-state index is -0.586. The minimum Gasteiger partial charge on any atom is -0.377 e. The minimum absolute atomic E-state index is 0.125. The van der Waals surface area contributed by atoms with E-state index in [1.54, 1.807) is 32.0 Å². The molecule has 4 heterocycles. The maximum Gasteiger partial charge on any atom is 0.247 e. The number of anilines is 4. The summed E-state index contributed by atoms with van der Waals surface area (Å²) in [6.45, 7) is 4.73. The highest BCUT2D eigenvalue weighted by molar-refractivity contribution is 5.84. The summed E-state index contributed by atoms with van der Waals surface area (Å²) in [7, 11) is 3.37. The first-order valence-corrected chi connectivity index (χ1v) is 10.6. The van der Waals surface area contributed by atoms with Crippen LogP contribution in [0.5, 0.6) is 0 Å². The van der Waals surface area contributed by atoms with Crippen LogP contribution in [0.1, 0.15) is 24.5 Å². The van der Waals surface area contributed by atoms with Crippen LogP contribution < -0.4 is 15.5 Å². The van der Waals surface area contributed by atoms with Gasteiger partial charge >= 0.3 is 0 Å². The van der Waals surface area contributed by atoms with Gasteiger partial charge in [-0.1, -0.05) is 0 Å². The number of nitrogens with one attached hydrogen (secondary N) is 3. The standard InChI is InChI=1S/C20H26FN11O2/c1-11-7-15(30-29-11)25-19-26-18(24-12(2)16-22-8-13(21)9-23-16)27-20(28-19)32-5-6-34-10-14(32)17(33)31(3)4/h7-9,12,14H,5-6,10H2,1-4H3,(H3,24,25,26,27,28,29,30)/t12-,14+/m0/s1. The molecule has 0 bridgehead atoms. The van der Waals surface area contributed by atoms with E-state index < -0.39 is 17.9 Å². The Kier molecular flexibility index (Phi) is 6.77. The molecule has 1 aliphatic rings. The molecule has 180 valence electrons. The van der Waals surface area contributed by atoms with Crippen LogP contribution in [-0.4, -0.2) is 85.8 Å². The molecule has 2 atom stereocenters. The van der Waals surface area contributed by atoms with E-state index in [-0.39, 0.29) is 24.4 Å². The Hall–Kier alpha value is -3.94. The number of halogens is 1. The summed E-state index contributed by atoms with van der Waals surface area (Å²) >= 11 is 0. The molecule has 4 rings (SSSR count). The Bertz CT molecular complexity index is 1140. The van der Waals surface area contributed by atoms with Crippen LogP contribution in [0.15, 0.2) is 18.5 Å². The molecule has 1 aliphatic heterocycles. The van der Waals surface area contributed by atoms with Gasteiger partial charge in [-0.25, -0.2) is 14.4 Å². The van der Waals surface area contributed by atoms with E-state index in [0.29, 0.717) is 30.7 Å². The molecule has 13 nitrogen and oxygen atoms in total. The van der Waals surface area contributed by atoms with Crippen LogP contribution in [0, 0.1) is 12.7 Å². The number of aryl methyl sites for hydroxylation is 1. The summed E-state index contributed by atoms with van der Waals surface area (Å²) in [5.74, 6) is 0.994. The molecule has 34 heavy (non-hydrogen) atoms. The fourth-order valence-electron chi connectivity index (χ4n) is 3.36. The molecular weight excluding hydrogens is 445 g/mol. The zero-order valence-electron chi connectivity index (χ0n) is 19.3. The van der Waals surface area contributed by atoms with Crippen molar-refractivity contribution in [2.45, 2.75) is 25.9 Å². The van der Waals surface area contributed by atoms with E-state index in [9.17, 15) is 9.18 Å². The van der Waals surface area contributed by atoms with Crippen molar-refractivity contribution in [1.82, 2.24) is 40.0 Å². The van der Waals surface area contributed by atoms with Gasteiger partial charge in [-0.3, -0.25) is 9.89 Å². The number of hydrogen-bond donors (Lipinski definition) is 3. The number of morpholine rings is 1. The van der Waals surface area contributed by atoms with Crippen LogP contribution in [0.25, 0.3) is 0 Å². The number of rotatable bonds is 7. The van der Waals surface area contributed by atoms with E-state index in [2.05, 4.69) is 45.8 Å². The van der Waals surface area contributed by atoms with Crippen molar-refractivity contribution in [3.05, 3.63) is 35.8 Å². The van der Waals surface area contributed by atoms with Gasteiger partial charge < -0.3 is 25.2 Å². The number of hydrogen-bond acceptors (Lipinski definition) is 11. The van der Waals surface area contributed by atoms with Gasteiger partial charge in [0.05, 0.1) is 31.6 Å². The van der Waals surface area contributed by atoms with Gasteiger partial charge in [0, 0.05) is 32.4 Å². The molecule has 0 aromatic carbocycles. The highest BCUT2D eigenvalue weighted by atomic mass is 19.1. The number of likely N-dealkylation sites (N-methyl/N-ethyl adjacent to an activating group) is 1. The lowest BCUT2D eigenvalue weighted by atomic mass is 10.2. The first kappa shape index (κ1) is 23.2. The normalized spacial score (nSPS) is 16.7. The molecule has 3 N–H and O–H groups in total. The molecule has 1 fully saturated rings. The molecule has 3 aromatic rings. The molecular formula is C20H26FN11O2. The van der Waals surface area contributed by atoms with E-state index in [4.69, 9.17) is 4.74 Å². The number of aromatic nitrogens is 7. The Morgan fingerprint density at radius 2 is 2.00 bits per heavy atom. The van der Waals surface area contributed by atoms with Crippen molar-refractivity contribution in [3.8, 4) is 0 Å². The third kappa shape index (κ3) is 5.33. The van der Waals surface area contributed by atoms with Crippen LogP contribution >= 0.6 is 0 Å². The number of nitrogens with zero attached hydrogens (tertiary/aromatic N) is 8.